The van der Waals surface area contributed by atoms with Crippen LogP contribution in [0.15, 0.2) is 12.1 Å². The van der Waals surface area contributed by atoms with E-state index >= 15 is 0 Å². The zero-order chi connectivity index (χ0) is 19.8. The van der Waals surface area contributed by atoms with Crippen molar-refractivity contribution in [2.45, 2.75) is 31.7 Å². The smallest absolute Gasteiger partial charge is 0.343 e. The number of esters is 1. The number of amides is 3. The van der Waals surface area contributed by atoms with Crippen LogP contribution in [0.3, 0.4) is 0 Å². The standard InChI is InChI=1S/C18H22N2O7/c1-25-13-8-7-11(9-21)15(16(13)26-2)17(23)27-10-14(22)20-18(24)19-12-5-3-4-6-12/h7-9,12H,3-6,10H2,1-2H3,(H2,19,20,22,24). The maximum absolute atomic E-state index is 12.3. The highest BCUT2D eigenvalue weighted by Gasteiger charge is 2.24. The summed E-state index contributed by atoms with van der Waals surface area (Å²) in [5.41, 5.74) is -0.132. The highest BCUT2D eigenvalue weighted by molar-refractivity contribution is 6.03. The monoisotopic (exact) mass is 378 g/mol. The minimum atomic E-state index is -0.945. The number of rotatable bonds is 7. The van der Waals surface area contributed by atoms with Gasteiger partial charge in [-0.05, 0) is 25.0 Å². The Labute approximate surface area is 156 Å². The molecule has 9 nitrogen and oxygen atoms in total. The maximum Gasteiger partial charge on any atom is 0.343 e. The van der Waals surface area contributed by atoms with E-state index in [1.165, 1.54) is 26.4 Å². The van der Waals surface area contributed by atoms with E-state index in [2.05, 4.69) is 10.6 Å². The summed E-state index contributed by atoms with van der Waals surface area (Å²) in [6, 6.07) is 2.27. The Balaban J connectivity index is 1.97. The van der Waals surface area contributed by atoms with Gasteiger partial charge in [-0.3, -0.25) is 14.9 Å². The van der Waals surface area contributed by atoms with E-state index in [0.29, 0.717) is 6.29 Å². The molecule has 0 spiro atoms. The van der Waals surface area contributed by atoms with Crippen molar-refractivity contribution in [1.29, 1.82) is 0 Å². The Morgan fingerprint density at radius 2 is 1.85 bits per heavy atom. The van der Waals surface area contributed by atoms with Gasteiger partial charge in [-0.2, -0.15) is 0 Å². The lowest BCUT2D eigenvalue weighted by Gasteiger charge is -2.14. The molecule has 1 aromatic carbocycles. The zero-order valence-corrected chi connectivity index (χ0v) is 15.2. The van der Waals surface area contributed by atoms with Gasteiger partial charge < -0.3 is 19.5 Å². The molecule has 0 unspecified atom stereocenters. The van der Waals surface area contributed by atoms with Crippen molar-refractivity contribution in [1.82, 2.24) is 10.6 Å². The highest BCUT2D eigenvalue weighted by atomic mass is 16.5. The highest BCUT2D eigenvalue weighted by Crippen LogP contribution is 2.33. The molecule has 0 atom stereocenters. The fourth-order valence-electron chi connectivity index (χ4n) is 2.91. The largest absolute Gasteiger partial charge is 0.493 e. The van der Waals surface area contributed by atoms with E-state index in [4.69, 9.17) is 14.2 Å². The van der Waals surface area contributed by atoms with Crippen LogP contribution in [-0.2, 0) is 9.53 Å². The minimum absolute atomic E-state index is 0.0199. The fourth-order valence-corrected chi connectivity index (χ4v) is 2.91. The summed E-state index contributed by atoms with van der Waals surface area (Å²) < 4.78 is 15.1. The van der Waals surface area contributed by atoms with E-state index in [-0.39, 0.29) is 28.7 Å². The molecule has 1 aliphatic rings. The van der Waals surface area contributed by atoms with Crippen molar-refractivity contribution in [3.05, 3.63) is 23.3 Å². The molecule has 27 heavy (non-hydrogen) atoms. The van der Waals surface area contributed by atoms with E-state index in [1.807, 2.05) is 0 Å². The number of hydrogen-bond acceptors (Lipinski definition) is 7. The third-order valence-electron chi connectivity index (χ3n) is 4.19. The Kier molecular flexibility index (Phi) is 7.16. The molecule has 1 aliphatic carbocycles. The van der Waals surface area contributed by atoms with Crippen molar-refractivity contribution in [2.24, 2.45) is 0 Å². The molecule has 2 rings (SSSR count). The van der Waals surface area contributed by atoms with Crippen LogP contribution in [0.2, 0.25) is 0 Å². The quantitative estimate of drug-likeness (QED) is 0.544. The van der Waals surface area contributed by atoms with Crippen LogP contribution in [0.4, 0.5) is 4.79 Å². The number of carbonyl (C=O) groups excluding carboxylic acids is 4. The second-order valence-corrected chi connectivity index (χ2v) is 5.96. The van der Waals surface area contributed by atoms with Crippen LogP contribution in [0, 0.1) is 0 Å². The lowest BCUT2D eigenvalue weighted by Crippen LogP contribution is -2.45. The minimum Gasteiger partial charge on any atom is -0.493 e. The number of imide groups is 1. The Morgan fingerprint density at radius 1 is 1.15 bits per heavy atom. The summed E-state index contributed by atoms with van der Waals surface area (Å²) in [6.07, 6.45) is 4.30. The van der Waals surface area contributed by atoms with Crippen LogP contribution in [-0.4, -0.2) is 51.1 Å². The number of methoxy groups -OCH3 is 2. The van der Waals surface area contributed by atoms with Crippen LogP contribution in [0.5, 0.6) is 11.5 Å². The van der Waals surface area contributed by atoms with E-state index in [9.17, 15) is 19.2 Å². The van der Waals surface area contributed by atoms with Crippen LogP contribution in [0.1, 0.15) is 46.4 Å². The molecule has 0 saturated heterocycles. The molecule has 0 radical (unpaired) electrons. The van der Waals surface area contributed by atoms with Gasteiger partial charge in [0, 0.05) is 11.6 Å². The number of urea groups is 1. The summed E-state index contributed by atoms with van der Waals surface area (Å²) >= 11 is 0. The summed E-state index contributed by atoms with van der Waals surface area (Å²) in [5.74, 6) is -1.48. The van der Waals surface area contributed by atoms with Gasteiger partial charge in [-0.25, -0.2) is 9.59 Å². The van der Waals surface area contributed by atoms with Gasteiger partial charge >= 0.3 is 12.0 Å². The van der Waals surface area contributed by atoms with Crippen LogP contribution >= 0.6 is 0 Å². The van der Waals surface area contributed by atoms with Gasteiger partial charge in [0.15, 0.2) is 24.4 Å². The predicted molar refractivity (Wildman–Crippen MR) is 94.1 cm³/mol. The number of benzene rings is 1. The van der Waals surface area contributed by atoms with Crippen molar-refractivity contribution < 1.29 is 33.4 Å². The maximum atomic E-state index is 12.3. The molecule has 146 valence electrons. The molecule has 1 saturated carbocycles. The average Bonchev–Trinajstić information content (AvgIpc) is 3.17. The number of carbonyl (C=O) groups is 4. The van der Waals surface area contributed by atoms with Gasteiger partial charge in [-0.15, -0.1) is 0 Å². The number of hydrogen-bond donors (Lipinski definition) is 2. The van der Waals surface area contributed by atoms with Gasteiger partial charge in [0.1, 0.15) is 5.56 Å². The van der Waals surface area contributed by atoms with Gasteiger partial charge in [0.25, 0.3) is 5.91 Å². The normalized spacial score (nSPS) is 13.6. The van der Waals surface area contributed by atoms with Crippen LogP contribution < -0.4 is 20.1 Å². The molecule has 0 bridgehead atoms. The van der Waals surface area contributed by atoms with E-state index in [1.54, 1.807) is 0 Å². The van der Waals surface area contributed by atoms with Crippen molar-refractivity contribution >= 4 is 24.2 Å². The first-order valence-electron chi connectivity index (χ1n) is 8.47. The van der Waals surface area contributed by atoms with Gasteiger partial charge in [0.05, 0.1) is 14.2 Å². The first kappa shape index (κ1) is 20.2. The predicted octanol–water partition coefficient (Wildman–Crippen LogP) is 1.44. The lowest BCUT2D eigenvalue weighted by molar-refractivity contribution is -0.123. The van der Waals surface area contributed by atoms with Crippen molar-refractivity contribution in [3.63, 3.8) is 0 Å². The third-order valence-corrected chi connectivity index (χ3v) is 4.19. The fraction of sp³-hybridized carbons (Fsp3) is 0.444. The van der Waals surface area contributed by atoms with E-state index < -0.39 is 24.5 Å². The van der Waals surface area contributed by atoms with Gasteiger partial charge in [0.2, 0.25) is 0 Å². The molecule has 9 heteroatoms. The first-order chi connectivity index (χ1) is 13.0. The van der Waals surface area contributed by atoms with Crippen molar-refractivity contribution in [2.75, 3.05) is 20.8 Å². The average molecular weight is 378 g/mol. The Hall–Kier alpha value is -3.10. The van der Waals surface area contributed by atoms with Crippen LogP contribution in [0.25, 0.3) is 0 Å². The Bertz CT molecular complexity index is 727. The Morgan fingerprint density at radius 3 is 2.44 bits per heavy atom. The summed E-state index contributed by atoms with van der Waals surface area (Å²) in [6.45, 7) is -0.685. The SMILES string of the molecule is COc1ccc(C=O)c(C(=O)OCC(=O)NC(=O)NC2CCCC2)c1OC. The van der Waals surface area contributed by atoms with Gasteiger partial charge in [-0.1, -0.05) is 12.8 Å². The summed E-state index contributed by atoms with van der Waals surface area (Å²) in [7, 11) is 2.69. The van der Waals surface area contributed by atoms with Crippen molar-refractivity contribution in [3.8, 4) is 11.5 Å². The third kappa shape index (κ3) is 5.19. The summed E-state index contributed by atoms with van der Waals surface area (Å²) in [4.78, 5) is 47.1. The molecule has 0 heterocycles. The molecule has 3 amide bonds. The molecule has 0 aliphatic heterocycles. The number of nitrogens with one attached hydrogen (secondary N) is 2. The molecule has 0 aromatic heterocycles. The molecule has 2 N–H and O–H groups in total. The topological polar surface area (TPSA) is 120 Å². The first-order valence-corrected chi connectivity index (χ1v) is 8.47. The number of aldehydes is 1. The molecule has 1 fully saturated rings. The lowest BCUT2D eigenvalue weighted by atomic mass is 10.1. The number of ether oxygens (including phenoxy) is 3. The molecular formula is C18H22N2O7. The second-order valence-electron chi connectivity index (χ2n) is 5.96. The summed E-state index contributed by atoms with van der Waals surface area (Å²) in [5, 5.41) is 4.79. The molecule has 1 aromatic rings. The molecular weight excluding hydrogens is 356 g/mol. The zero-order valence-electron chi connectivity index (χ0n) is 15.2. The van der Waals surface area contributed by atoms with E-state index in [0.717, 1.165) is 25.7 Å². The second kappa shape index (κ2) is 9.56.